The van der Waals surface area contributed by atoms with E-state index in [1.807, 2.05) is 5.28 Å². The topological polar surface area (TPSA) is 0 Å². The molecule has 0 bridgehead atoms. The predicted molar refractivity (Wildman–Crippen MR) is 162 cm³/mol. The van der Waals surface area contributed by atoms with Gasteiger partial charge in [0.2, 0.25) is 0 Å². The molecule has 0 saturated heterocycles. The standard InChI is InChI=1S/C17H34PSi.C12H24PSi.Y/c1-15(19(2,3)4)18(16-11-7-5-8-12-16)17-13-9-6-10-14-17;13-14(11-7-3-1-4-8-11)12-9-5-2-6-10-12;/h16-17H,5-14H2,1-4H3;11-12H,1-10,13H2;/q-1;;. The molecule has 34 heavy (non-hydrogen) atoms. The summed E-state index contributed by atoms with van der Waals surface area (Å²) in [6, 6.07) is 0. The fraction of sp³-hybridized carbons (Fsp3) is 0.966. The Bertz CT molecular complexity index is 481. The summed E-state index contributed by atoms with van der Waals surface area (Å²) in [5.41, 5.74) is 4.53. The summed E-state index contributed by atoms with van der Waals surface area (Å²) in [6.07, 6.45) is 30.7. The first-order chi connectivity index (χ1) is 15.9. The third-order valence-corrected chi connectivity index (χ3v) is 23.8. The summed E-state index contributed by atoms with van der Waals surface area (Å²) in [7, 11) is 2.41. The maximum absolute atomic E-state index is 3.30. The number of hydrogen-bond donors (Lipinski definition) is 0. The molecule has 4 aliphatic carbocycles. The molecular weight excluding hydrogens is 555 g/mol. The Balaban J connectivity index is 0.000000243. The summed E-state index contributed by atoms with van der Waals surface area (Å²) < 4.78 is 0. The molecule has 1 atom stereocenters. The fourth-order valence-electron chi connectivity index (χ4n) is 7.16. The van der Waals surface area contributed by atoms with Gasteiger partial charge in [0.15, 0.2) is 0 Å². The minimum atomic E-state index is -1.05. The molecule has 2 radical (unpaired) electrons. The van der Waals surface area contributed by atoms with Crippen LogP contribution >= 0.6 is 16.7 Å². The van der Waals surface area contributed by atoms with E-state index in [1.165, 1.54) is 77.0 Å². The predicted octanol–water partition coefficient (Wildman–Crippen LogP) is 11.1. The van der Waals surface area contributed by atoms with Gasteiger partial charge in [0.05, 0.1) is 8.46 Å². The van der Waals surface area contributed by atoms with E-state index in [4.69, 9.17) is 0 Å². The molecule has 1 unspecified atom stereocenters. The fourth-order valence-corrected chi connectivity index (χ4v) is 19.7. The zero-order valence-electron chi connectivity index (χ0n) is 23.6. The van der Waals surface area contributed by atoms with Crippen LogP contribution in [0.15, 0.2) is 0 Å². The van der Waals surface area contributed by atoms with E-state index in [2.05, 4.69) is 35.4 Å². The monoisotopic (exact) mass is 613 g/mol. The molecule has 0 heterocycles. The minimum Gasteiger partial charge on any atom is -0.289 e. The van der Waals surface area contributed by atoms with E-state index in [0.29, 0.717) is 0 Å². The second kappa shape index (κ2) is 17.2. The molecule has 4 saturated carbocycles. The van der Waals surface area contributed by atoms with E-state index in [0.717, 1.165) is 22.4 Å². The summed E-state index contributed by atoms with van der Waals surface area (Å²) in [4.78, 5) is 0. The molecular formula is C29H58P2Si2Y-. The Hall–Kier alpha value is 2.40. The van der Waals surface area contributed by atoms with Gasteiger partial charge in [-0.15, -0.1) is 8.79 Å². The molecule has 4 fully saturated rings. The minimum absolute atomic E-state index is 0. The zero-order valence-corrected chi connectivity index (χ0v) is 30.4. The summed E-state index contributed by atoms with van der Waals surface area (Å²) >= 11 is 0. The molecule has 0 spiro atoms. The molecule has 0 aromatic rings. The van der Waals surface area contributed by atoms with Gasteiger partial charge in [-0.2, -0.15) is 6.92 Å². The van der Waals surface area contributed by atoms with Crippen molar-refractivity contribution < 1.29 is 32.7 Å². The van der Waals surface area contributed by atoms with E-state index >= 15 is 0 Å². The van der Waals surface area contributed by atoms with Crippen molar-refractivity contribution in [1.29, 1.82) is 0 Å². The van der Waals surface area contributed by atoms with Crippen LogP contribution in [-0.4, -0.2) is 27.9 Å². The zero-order chi connectivity index (χ0) is 23.7. The summed E-state index contributed by atoms with van der Waals surface area (Å²) in [5.74, 6) is 0. The molecule has 0 aliphatic heterocycles. The Kier molecular flexibility index (Phi) is 16.5. The SMILES string of the molecule is C[C-](P(C1CCCCC1)C1CCCCC1)[Si](C)(C)C.P[Si](C1CCCCC1)C1CCCCC1.[Y]. The van der Waals surface area contributed by atoms with Crippen LogP contribution in [0.5, 0.6) is 0 Å². The van der Waals surface area contributed by atoms with Crippen LogP contribution in [0.25, 0.3) is 0 Å². The van der Waals surface area contributed by atoms with Gasteiger partial charge in [-0.1, -0.05) is 130 Å². The molecule has 0 nitrogen and oxygen atoms in total. The molecule has 4 rings (SSSR count). The second-order valence-corrected chi connectivity index (χ2v) is 26.2. The Morgan fingerprint density at radius 1 is 0.588 bits per heavy atom. The second-order valence-electron chi connectivity index (χ2n) is 13.0. The van der Waals surface area contributed by atoms with Crippen molar-refractivity contribution in [2.45, 2.75) is 177 Å². The Labute approximate surface area is 246 Å². The number of hydrogen-bond acceptors (Lipinski definition) is 0. The van der Waals surface area contributed by atoms with Crippen LogP contribution in [0.4, 0.5) is 0 Å². The smallest absolute Gasteiger partial charge is 0.0793 e. The first-order valence-corrected chi connectivity index (χ1v) is 23.6. The molecule has 5 heteroatoms. The van der Waals surface area contributed by atoms with Gasteiger partial charge in [0.25, 0.3) is 0 Å². The molecule has 0 N–H and O–H groups in total. The van der Waals surface area contributed by atoms with Crippen molar-refractivity contribution >= 4 is 33.2 Å². The van der Waals surface area contributed by atoms with Gasteiger partial charge in [-0.3, -0.25) is 13.2 Å². The average Bonchev–Trinajstić information content (AvgIpc) is 2.86. The third-order valence-electron chi connectivity index (χ3n) is 9.56. The normalized spacial score (nSPS) is 24.7. The van der Waals surface area contributed by atoms with Crippen LogP contribution in [0.1, 0.15) is 135 Å². The summed E-state index contributed by atoms with van der Waals surface area (Å²) in [6.45, 7) is 10.3. The quantitative estimate of drug-likeness (QED) is 0.159. The maximum Gasteiger partial charge on any atom is 0.0793 e. The van der Waals surface area contributed by atoms with Crippen molar-refractivity contribution in [3.8, 4) is 0 Å². The summed E-state index contributed by atoms with van der Waals surface area (Å²) in [5, 5.41) is 2.02. The van der Waals surface area contributed by atoms with Crippen LogP contribution in [0.2, 0.25) is 30.7 Å². The van der Waals surface area contributed by atoms with Crippen LogP contribution < -0.4 is 0 Å². The van der Waals surface area contributed by atoms with Crippen LogP contribution in [0, 0.1) is 5.28 Å². The van der Waals surface area contributed by atoms with E-state index in [1.54, 1.807) is 51.4 Å². The van der Waals surface area contributed by atoms with Gasteiger partial charge in [-0.05, 0) is 48.1 Å². The van der Waals surface area contributed by atoms with Gasteiger partial charge in [-0.25, -0.2) is 0 Å². The molecule has 0 amide bonds. The van der Waals surface area contributed by atoms with Crippen LogP contribution in [-0.2, 0) is 32.7 Å². The Morgan fingerprint density at radius 3 is 1.18 bits per heavy atom. The van der Waals surface area contributed by atoms with Crippen molar-refractivity contribution in [2.75, 3.05) is 0 Å². The molecule has 196 valence electrons. The van der Waals surface area contributed by atoms with E-state index < -0.39 is 8.07 Å². The molecule has 0 aromatic carbocycles. The van der Waals surface area contributed by atoms with Crippen LogP contribution in [0.3, 0.4) is 0 Å². The van der Waals surface area contributed by atoms with Gasteiger partial charge >= 0.3 is 0 Å². The first-order valence-electron chi connectivity index (χ1n) is 15.1. The van der Waals surface area contributed by atoms with E-state index in [-0.39, 0.29) is 49.1 Å². The van der Waals surface area contributed by atoms with Crippen molar-refractivity contribution in [2.24, 2.45) is 0 Å². The van der Waals surface area contributed by atoms with Crippen molar-refractivity contribution in [1.82, 2.24) is 0 Å². The third kappa shape index (κ3) is 10.5. The molecule has 4 aliphatic rings. The average molecular weight is 614 g/mol. The maximum atomic E-state index is 3.30. The first kappa shape index (κ1) is 32.6. The van der Waals surface area contributed by atoms with Crippen molar-refractivity contribution in [3.05, 3.63) is 5.28 Å². The van der Waals surface area contributed by atoms with Gasteiger partial charge < -0.3 is 0 Å². The van der Waals surface area contributed by atoms with Crippen molar-refractivity contribution in [3.63, 3.8) is 0 Å². The largest absolute Gasteiger partial charge is 0.289 e. The van der Waals surface area contributed by atoms with E-state index in [9.17, 15) is 0 Å². The van der Waals surface area contributed by atoms with Gasteiger partial charge in [0, 0.05) is 32.7 Å². The Morgan fingerprint density at radius 2 is 0.882 bits per heavy atom. The van der Waals surface area contributed by atoms with Gasteiger partial charge in [0.1, 0.15) is 0 Å². The molecule has 0 aromatic heterocycles. The number of rotatable bonds is 6.